The molecule has 0 saturated carbocycles. The minimum absolute atomic E-state index is 0.176. The molecule has 0 bridgehead atoms. The van der Waals surface area contributed by atoms with E-state index in [9.17, 15) is 4.79 Å². The van der Waals surface area contributed by atoms with Gasteiger partial charge in [-0.2, -0.15) is 0 Å². The molecule has 2 nitrogen and oxygen atoms in total. The highest BCUT2D eigenvalue weighted by molar-refractivity contribution is 5.96. The predicted molar refractivity (Wildman–Crippen MR) is 90.2 cm³/mol. The molecule has 0 aliphatic carbocycles. The summed E-state index contributed by atoms with van der Waals surface area (Å²) in [4.78, 5) is 14.8. The van der Waals surface area contributed by atoms with Gasteiger partial charge in [-0.1, -0.05) is 55.5 Å². The average molecular weight is 293 g/mol. The van der Waals surface area contributed by atoms with Crippen LogP contribution in [0.5, 0.6) is 0 Å². The second-order valence-corrected chi connectivity index (χ2v) is 5.96. The van der Waals surface area contributed by atoms with Crippen LogP contribution >= 0.6 is 0 Å². The third-order valence-electron chi connectivity index (χ3n) is 4.83. The van der Waals surface area contributed by atoms with Crippen molar-refractivity contribution in [3.63, 3.8) is 0 Å². The Balaban J connectivity index is 2.13. The van der Waals surface area contributed by atoms with Gasteiger partial charge in [0.05, 0.1) is 0 Å². The second kappa shape index (κ2) is 6.35. The molecule has 3 rings (SSSR count). The fourth-order valence-electron chi connectivity index (χ4n) is 3.66. The van der Waals surface area contributed by atoms with Crippen LogP contribution in [0.1, 0.15) is 53.6 Å². The summed E-state index contributed by atoms with van der Waals surface area (Å²) < 4.78 is 0. The van der Waals surface area contributed by atoms with Crippen LogP contribution in [0.3, 0.4) is 0 Å². The molecular weight excluding hydrogens is 270 g/mol. The molecule has 2 aromatic carbocycles. The molecule has 1 amide bonds. The Labute approximate surface area is 132 Å². The van der Waals surface area contributed by atoms with Crippen LogP contribution in [0.15, 0.2) is 54.6 Å². The molecule has 0 aromatic heterocycles. The van der Waals surface area contributed by atoms with E-state index in [2.05, 4.69) is 56.3 Å². The fourth-order valence-corrected chi connectivity index (χ4v) is 3.66. The number of carbonyl (C=O) groups excluding carboxylic acids is 1. The average Bonchev–Trinajstić information content (AvgIpc) is 2.70. The van der Waals surface area contributed by atoms with Gasteiger partial charge in [0, 0.05) is 24.6 Å². The van der Waals surface area contributed by atoms with E-state index in [1.54, 1.807) is 0 Å². The largest absolute Gasteiger partial charge is 0.338 e. The Morgan fingerprint density at radius 2 is 1.68 bits per heavy atom. The Morgan fingerprint density at radius 1 is 1.00 bits per heavy atom. The van der Waals surface area contributed by atoms with Gasteiger partial charge < -0.3 is 4.90 Å². The van der Waals surface area contributed by atoms with Gasteiger partial charge >= 0.3 is 0 Å². The highest BCUT2D eigenvalue weighted by Crippen LogP contribution is 2.40. The van der Waals surface area contributed by atoms with Crippen molar-refractivity contribution < 1.29 is 4.79 Å². The molecule has 2 heteroatoms. The van der Waals surface area contributed by atoms with Crippen LogP contribution in [-0.2, 0) is 0 Å². The number of rotatable bonds is 3. The Bertz CT molecular complexity index is 650. The third-order valence-corrected chi connectivity index (χ3v) is 4.83. The number of hydrogen-bond acceptors (Lipinski definition) is 1. The molecule has 0 spiro atoms. The van der Waals surface area contributed by atoms with Gasteiger partial charge in [-0.25, -0.2) is 0 Å². The van der Waals surface area contributed by atoms with E-state index in [1.807, 2.05) is 17.0 Å². The summed E-state index contributed by atoms with van der Waals surface area (Å²) in [6.07, 6.45) is 1.04. The minimum Gasteiger partial charge on any atom is -0.338 e. The van der Waals surface area contributed by atoms with Crippen LogP contribution in [0.4, 0.5) is 0 Å². The number of likely N-dealkylation sites (N-methyl/N-ethyl adjacent to an activating group) is 1. The first-order valence-electron chi connectivity index (χ1n) is 8.19. The van der Waals surface area contributed by atoms with Crippen molar-refractivity contribution in [2.75, 3.05) is 13.1 Å². The quantitative estimate of drug-likeness (QED) is 0.819. The topological polar surface area (TPSA) is 20.3 Å². The van der Waals surface area contributed by atoms with Gasteiger partial charge in [-0.15, -0.1) is 0 Å². The number of hydrogen-bond donors (Lipinski definition) is 0. The van der Waals surface area contributed by atoms with Crippen molar-refractivity contribution in [2.45, 2.75) is 32.1 Å². The summed E-state index contributed by atoms with van der Waals surface area (Å²) in [5.74, 6) is 0.924. The Kier molecular flexibility index (Phi) is 4.28. The Hall–Kier alpha value is -2.09. The molecule has 22 heavy (non-hydrogen) atoms. The minimum atomic E-state index is 0.176. The predicted octanol–water partition coefficient (Wildman–Crippen LogP) is 4.44. The maximum Gasteiger partial charge on any atom is 0.254 e. The maximum atomic E-state index is 12.8. The summed E-state index contributed by atoms with van der Waals surface area (Å²) in [6.45, 7) is 5.85. The van der Waals surface area contributed by atoms with Crippen molar-refractivity contribution in [1.29, 1.82) is 0 Å². The van der Waals surface area contributed by atoms with E-state index in [1.165, 1.54) is 11.1 Å². The summed E-state index contributed by atoms with van der Waals surface area (Å²) in [7, 11) is 0. The van der Waals surface area contributed by atoms with Crippen LogP contribution in [0.25, 0.3) is 0 Å². The lowest BCUT2D eigenvalue weighted by Gasteiger charge is -2.28. The van der Waals surface area contributed by atoms with Gasteiger partial charge in [-0.3, -0.25) is 4.79 Å². The lowest BCUT2D eigenvalue weighted by molar-refractivity contribution is 0.0760. The van der Waals surface area contributed by atoms with Crippen LogP contribution in [0, 0.1) is 0 Å². The summed E-state index contributed by atoms with van der Waals surface area (Å²) in [5.41, 5.74) is 3.42. The van der Waals surface area contributed by atoms with E-state index in [0.717, 1.165) is 25.1 Å². The standard InChI is InChI=1S/C20H23NO/c1-3-16-17-12-8-9-13-18(17)20(22)21(4-2)14-19(16)15-10-6-5-7-11-15/h5-13,16,19H,3-4,14H2,1-2H3. The van der Waals surface area contributed by atoms with Gasteiger partial charge in [0.25, 0.3) is 5.91 Å². The van der Waals surface area contributed by atoms with Crippen molar-refractivity contribution >= 4 is 5.91 Å². The molecule has 0 N–H and O–H groups in total. The summed E-state index contributed by atoms with van der Waals surface area (Å²) in [6, 6.07) is 18.8. The van der Waals surface area contributed by atoms with Gasteiger partial charge in [0.15, 0.2) is 0 Å². The molecule has 114 valence electrons. The molecule has 2 unspecified atom stereocenters. The van der Waals surface area contributed by atoms with Gasteiger partial charge in [0.2, 0.25) is 0 Å². The molecule has 1 aliphatic rings. The maximum absolute atomic E-state index is 12.8. The highest BCUT2D eigenvalue weighted by atomic mass is 16.2. The van der Waals surface area contributed by atoms with Gasteiger partial charge in [-0.05, 0) is 36.5 Å². The molecule has 0 radical (unpaired) electrons. The number of nitrogens with zero attached hydrogens (tertiary/aromatic N) is 1. The molecule has 1 aliphatic heterocycles. The molecule has 2 aromatic rings. The smallest absolute Gasteiger partial charge is 0.254 e. The van der Waals surface area contributed by atoms with Gasteiger partial charge in [0.1, 0.15) is 0 Å². The van der Waals surface area contributed by atoms with Crippen LogP contribution in [-0.4, -0.2) is 23.9 Å². The molecule has 0 fully saturated rings. The van der Waals surface area contributed by atoms with Crippen molar-refractivity contribution in [3.05, 3.63) is 71.3 Å². The molecular formula is C20H23NO. The highest BCUT2D eigenvalue weighted by Gasteiger charge is 2.33. The monoisotopic (exact) mass is 293 g/mol. The number of fused-ring (bicyclic) bond motifs is 1. The lowest BCUT2D eigenvalue weighted by atomic mass is 9.79. The normalized spacial score (nSPS) is 21.4. The van der Waals surface area contributed by atoms with E-state index < -0.39 is 0 Å². The molecule has 0 saturated heterocycles. The molecule has 2 atom stereocenters. The molecule has 1 heterocycles. The van der Waals surface area contributed by atoms with Crippen molar-refractivity contribution in [3.8, 4) is 0 Å². The van der Waals surface area contributed by atoms with Crippen molar-refractivity contribution in [2.24, 2.45) is 0 Å². The van der Waals surface area contributed by atoms with Crippen molar-refractivity contribution in [1.82, 2.24) is 4.90 Å². The summed E-state index contributed by atoms with van der Waals surface area (Å²) >= 11 is 0. The zero-order valence-electron chi connectivity index (χ0n) is 13.3. The summed E-state index contributed by atoms with van der Waals surface area (Å²) in [5, 5.41) is 0. The second-order valence-electron chi connectivity index (χ2n) is 5.96. The zero-order valence-corrected chi connectivity index (χ0v) is 13.3. The van der Waals surface area contributed by atoms with Crippen LogP contribution in [0.2, 0.25) is 0 Å². The van der Waals surface area contributed by atoms with E-state index >= 15 is 0 Å². The third kappa shape index (κ3) is 2.54. The zero-order chi connectivity index (χ0) is 15.5. The number of amides is 1. The first-order valence-corrected chi connectivity index (χ1v) is 8.19. The Morgan fingerprint density at radius 3 is 2.36 bits per heavy atom. The number of carbonyl (C=O) groups is 1. The SMILES string of the molecule is CCC1c2ccccc2C(=O)N(CC)CC1c1ccccc1. The number of benzene rings is 2. The lowest BCUT2D eigenvalue weighted by Crippen LogP contribution is -2.33. The van der Waals surface area contributed by atoms with Crippen LogP contribution < -0.4 is 0 Å². The van der Waals surface area contributed by atoms with E-state index in [4.69, 9.17) is 0 Å². The van der Waals surface area contributed by atoms with E-state index in [0.29, 0.717) is 11.8 Å². The first kappa shape index (κ1) is 14.8. The fraction of sp³-hybridized carbons (Fsp3) is 0.350. The van der Waals surface area contributed by atoms with E-state index in [-0.39, 0.29) is 5.91 Å². The first-order chi connectivity index (χ1) is 10.8.